The summed E-state index contributed by atoms with van der Waals surface area (Å²) in [7, 11) is 1.32. The minimum atomic E-state index is -0.671. The van der Waals surface area contributed by atoms with Crippen molar-refractivity contribution < 1.29 is 4.52 Å². The van der Waals surface area contributed by atoms with Crippen LogP contribution in [0.3, 0.4) is 0 Å². The van der Waals surface area contributed by atoms with Gasteiger partial charge in [0.1, 0.15) is 0 Å². The third-order valence-electron chi connectivity index (χ3n) is 0.804. The van der Waals surface area contributed by atoms with E-state index in [1.54, 1.807) is 0 Å². The number of hydrogen-bond donors (Lipinski definition) is 1. The van der Waals surface area contributed by atoms with Crippen LogP contribution in [0.5, 0.6) is 0 Å². The molecule has 1 aromatic heterocycles. The first-order valence-corrected chi connectivity index (χ1v) is 1.96. The molecule has 0 bridgehead atoms. The van der Waals surface area contributed by atoms with Gasteiger partial charge in [0.05, 0.1) is 0 Å². The van der Waals surface area contributed by atoms with Crippen LogP contribution >= 0.6 is 0 Å². The molecule has 0 spiro atoms. The first-order valence-electron chi connectivity index (χ1n) is 1.96. The van der Waals surface area contributed by atoms with Crippen molar-refractivity contribution in [2.45, 2.75) is 0 Å². The van der Waals surface area contributed by atoms with Crippen molar-refractivity contribution in [3.05, 3.63) is 21.0 Å². The quantitative estimate of drug-likeness (QED) is 0.453. The SMILES string of the molecule is Cn1c(=O)[nH]oc1=O.[K]. The summed E-state index contributed by atoms with van der Waals surface area (Å²) in [5, 5.41) is 1.86. The molecule has 0 unspecified atom stereocenters. The molecular formula is C3H4KN2O3. The second-order valence-electron chi connectivity index (χ2n) is 1.33. The van der Waals surface area contributed by atoms with E-state index in [9.17, 15) is 9.59 Å². The molecule has 0 fully saturated rings. The molecule has 45 valence electrons. The average molecular weight is 155 g/mol. The number of aromatic amines is 1. The van der Waals surface area contributed by atoms with Crippen molar-refractivity contribution in [2.24, 2.45) is 7.05 Å². The fourth-order valence-electron chi connectivity index (χ4n) is 0.307. The molecule has 0 aromatic carbocycles. The smallest absolute Gasteiger partial charge is 0.320 e. The van der Waals surface area contributed by atoms with Crippen LogP contribution in [0, 0.1) is 0 Å². The van der Waals surface area contributed by atoms with Crippen LogP contribution < -0.4 is 11.4 Å². The Kier molecular flexibility index (Phi) is 3.67. The predicted octanol–water partition coefficient (Wildman–Crippen LogP) is -1.71. The summed E-state index contributed by atoms with van der Waals surface area (Å²) in [4.78, 5) is 20.5. The molecule has 0 aliphatic carbocycles. The summed E-state index contributed by atoms with van der Waals surface area (Å²) in [6, 6.07) is 0. The molecule has 1 radical (unpaired) electrons. The van der Waals surface area contributed by atoms with Gasteiger partial charge in [0.15, 0.2) is 0 Å². The fourth-order valence-corrected chi connectivity index (χ4v) is 0.307. The van der Waals surface area contributed by atoms with Crippen LogP contribution in [0.15, 0.2) is 14.1 Å². The van der Waals surface area contributed by atoms with Gasteiger partial charge in [-0.3, -0.25) is 0 Å². The Labute approximate surface area is 92.4 Å². The average Bonchev–Trinajstić information content (AvgIpc) is 1.98. The van der Waals surface area contributed by atoms with Gasteiger partial charge in [-0.25, -0.2) is 14.2 Å². The number of nitrogens with zero attached hydrogens (tertiary/aromatic N) is 1. The van der Waals surface area contributed by atoms with Crippen molar-refractivity contribution in [1.29, 1.82) is 0 Å². The van der Waals surface area contributed by atoms with Gasteiger partial charge in [0, 0.05) is 58.4 Å². The summed E-state index contributed by atoms with van der Waals surface area (Å²) < 4.78 is 4.90. The van der Waals surface area contributed by atoms with Crippen molar-refractivity contribution in [3.63, 3.8) is 0 Å². The van der Waals surface area contributed by atoms with Crippen LogP contribution in [0.4, 0.5) is 0 Å². The Bertz CT molecular complexity index is 254. The van der Waals surface area contributed by atoms with Crippen LogP contribution in [0.2, 0.25) is 0 Å². The number of aromatic nitrogens is 2. The first kappa shape index (κ1) is 9.38. The maximum Gasteiger partial charge on any atom is 0.442 e. The van der Waals surface area contributed by atoms with E-state index in [1.165, 1.54) is 7.05 Å². The third-order valence-corrected chi connectivity index (χ3v) is 0.804. The van der Waals surface area contributed by atoms with Crippen molar-refractivity contribution >= 4 is 51.4 Å². The van der Waals surface area contributed by atoms with Crippen molar-refractivity contribution in [3.8, 4) is 0 Å². The Hall–Kier alpha value is 0.376. The van der Waals surface area contributed by atoms with Gasteiger partial charge >= 0.3 is 11.4 Å². The molecule has 0 atom stereocenters. The van der Waals surface area contributed by atoms with Gasteiger partial charge < -0.3 is 4.52 Å². The first-order chi connectivity index (χ1) is 3.72. The fraction of sp³-hybridized carbons (Fsp3) is 0.333. The zero-order chi connectivity index (χ0) is 6.15. The minimum absolute atomic E-state index is 0. The molecule has 1 N–H and O–H groups in total. The molecule has 5 nitrogen and oxygen atoms in total. The van der Waals surface area contributed by atoms with Crippen molar-refractivity contribution in [1.82, 2.24) is 9.72 Å². The third kappa shape index (κ3) is 1.90. The summed E-state index contributed by atoms with van der Waals surface area (Å²) in [6.07, 6.45) is 0. The summed E-state index contributed by atoms with van der Waals surface area (Å²) in [6.45, 7) is 0. The van der Waals surface area contributed by atoms with E-state index >= 15 is 0 Å². The standard InChI is InChI=1S/C3H4N2O3.K/c1-5-2(6)4-8-3(5)7;/h1H3,(H,4,6);. The molecule has 1 heterocycles. The topological polar surface area (TPSA) is 68.0 Å². The Morgan fingerprint density at radius 1 is 1.56 bits per heavy atom. The molecule has 0 aliphatic rings. The van der Waals surface area contributed by atoms with Crippen LogP contribution in [0.1, 0.15) is 0 Å². The maximum absolute atomic E-state index is 10.3. The Morgan fingerprint density at radius 2 is 2.11 bits per heavy atom. The van der Waals surface area contributed by atoms with E-state index < -0.39 is 11.4 Å². The molecule has 1 rings (SSSR count). The molecule has 6 heteroatoms. The predicted molar refractivity (Wildman–Crippen MR) is 30.3 cm³/mol. The maximum atomic E-state index is 10.3. The van der Waals surface area contributed by atoms with Crippen LogP contribution in [-0.2, 0) is 7.05 Å². The second-order valence-corrected chi connectivity index (χ2v) is 1.33. The van der Waals surface area contributed by atoms with E-state index in [0.717, 1.165) is 4.57 Å². The van der Waals surface area contributed by atoms with E-state index in [0.29, 0.717) is 0 Å². The molecule has 0 aliphatic heterocycles. The van der Waals surface area contributed by atoms with E-state index in [1.807, 2.05) is 5.16 Å². The van der Waals surface area contributed by atoms with Gasteiger partial charge in [-0.1, -0.05) is 0 Å². The largest absolute Gasteiger partial charge is 0.442 e. The number of hydrogen-bond acceptors (Lipinski definition) is 3. The summed E-state index contributed by atoms with van der Waals surface area (Å²) >= 11 is 0. The van der Waals surface area contributed by atoms with Gasteiger partial charge in [0.2, 0.25) is 0 Å². The van der Waals surface area contributed by atoms with E-state index in [4.69, 9.17) is 0 Å². The molecule has 9 heavy (non-hydrogen) atoms. The zero-order valence-corrected chi connectivity index (χ0v) is 8.30. The minimum Gasteiger partial charge on any atom is -0.320 e. The Balaban J connectivity index is 0.000000640. The number of nitrogens with one attached hydrogen (secondary N) is 1. The molecule has 1 aromatic rings. The number of rotatable bonds is 0. The Morgan fingerprint density at radius 3 is 2.22 bits per heavy atom. The molecule has 0 saturated heterocycles. The molecular weight excluding hydrogens is 151 g/mol. The number of H-pyrrole nitrogens is 1. The van der Waals surface area contributed by atoms with Gasteiger partial charge in [0.25, 0.3) is 0 Å². The summed E-state index contributed by atoms with van der Waals surface area (Å²) in [5.41, 5.74) is -0.532. The van der Waals surface area contributed by atoms with Crippen LogP contribution in [-0.4, -0.2) is 61.1 Å². The van der Waals surface area contributed by atoms with E-state index in [2.05, 4.69) is 4.52 Å². The summed E-state index contributed by atoms with van der Waals surface area (Å²) in [5.74, 6) is -0.671. The molecule has 0 amide bonds. The van der Waals surface area contributed by atoms with Gasteiger partial charge in [-0.05, 0) is 0 Å². The van der Waals surface area contributed by atoms with Gasteiger partial charge in [-0.2, -0.15) is 5.16 Å². The van der Waals surface area contributed by atoms with Crippen LogP contribution in [0.25, 0.3) is 0 Å². The monoisotopic (exact) mass is 155 g/mol. The van der Waals surface area contributed by atoms with Crippen molar-refractivity contribution in [2.75, 3.05) is 0 Å². The zero-order valence-electron chi connectivity index (χ0n) is 5.17. The molecule has 0 saturated carbocycles. The normalized spacial score (nSPS) is 8.56. The second kappa shape index (κ2) is 3.52. The van der Waals surface area contributed by atoms with Gasteiger partial charge in [-0.15, -0.1) is 0 Å². The van der Waals surface area contributed by atoms with E-state index in [-0.39, 0.29) is 51.4 Å².